The predicted molar refractivity (Wildman–Crippen MR) is 60.0 cm³/mol. The molecule has 0 spiro atoms. The van der Waals surface area contributed by atoms with Crippen LogP contribution < -0.4 is 0 Å². The number of hydrogen-bond acceptors (Lipinski definition) is 3. The van der Waals surface area contributed by atoms with Crippen molar-refractivity contribution in [3.8, 4) is 0 Å². The Hall–Kier alpha value is -0.610. The summed E-state index contributed by atoms with van der Waals surface area (Å²) in [6.07, 6.45) is 4.71. The summed E-state index contributed by atoms with van der Waals surface area (Å²) in [7, 11) is 0. The van der Waals surface area contributed by atoms with Gasteiger partial charge in [-0.05, 0) is 38.0 Å². The van der Waals surface area contributed by atoms with Gasteiger partial charge in [0.25, 0.3) is 5.91 Å². The van der Waals surface area contributed by atoms with E-state index in [1.165, 1.54) is 0 Å². The zero-order valence-corrected chi connectivity index (χ0v) is 9.73. The van der Waals surface area contributed by atoms with Crippen LogP contribution in [-0.2, 0) is 9.53 Å². The molecule has 92 valence electrons. The third-order valence-corrected chi connectivity index (χ3v) is 3.64. The fourth-order valence-corrected chi connectivity index (χ4v) is 2.48. The molecule has 4 nitrogen and oxygen atoms in total. The Bertz CT molecular complexity index is 230. The lowest BCUT2D eigenvalue weighted by molar-refractivity contribution is -0.148. The minimum atomic E-state index is -0.195. The van der Waals surface area contributed by atoms with E-state index in [0.29, 0.717) is 5.92 Å². The van der Waals surface area contributed by atoms with Crippen molar-refractivity contribution in [3.05, 3.63) is 0 Å². The van der Waals surface area contributed by atoms with Crippen LogP contribution in [0.4, 0.5) is 0 Å². The van der Waals surface area contributed by atoms with E-state index in [1.807, 2.05) is 4.90 Å². The number of aliphatic hydroxyl groups is 1. The van der Waals surface area contributed by atoms with Gasteiger partial charge < -0.3 is 14.7 Å². The third-order valence-electron chi connectivity index (χ3n) is 3.64. The number of ether oxygens (including phenoxy) is 1. The molecule has 2 saturated heterocycles. The zero-order chi connectivity index (χ0) is 11.4. The number of aliphatic hydroxyl groups excluding tert-OH is 1. The summed E-state index contributed by atoms with van der Waals surface area (Å²) in [6, 6.07) is 0. The maximum absolute atomic E-state index is 12.1. The highest BCUT2D eigenvalue weighted by molar-refractivity contribution is 5.81. The van der Waals surface area contributed by atoms with E-state index in [1.54, 1.807) is 0 Å². The monoisotopic (exact) mass is 227 g/mol. The molecule has 0 aliphatic carbocycles. The maximum Gasteiger partial charge on any atom is 0.251 e. The Morgan fingerprint density at radius 3 is 2.56 bits per heavy atom. The molecule has 2 aliphatic heterocycles. The molecule has 2 aliphatic rings. The van der Waals surface area contributed by atoms with Gasteiger partial charge in [0.2, 0.25) is 0 Å². The molecule has 1 atom stereocenters. The van der Waals surface area contributed by atoms with Crippen LogP contribution in [0.3, 0.4) is 0 Å². The minimum absolute atomic E-state index is 0.163. The first-order valence-electron chi connectivity index (χ1n) is 6.32. The first-order valence-corrected chi connectivity index (χ1v) is 6.32. The quantitative estimate of drug-likeness (QED) is 0.758. The second-order valence-corrected chi connectivity index (χ2v) is 4.81. The summed E-state index contributed by atoms with van der Waals surface area (Å²) in [5, 5.41) is 9.04. The number of hydrogen-bond donors (Lipinski definition) is 1. The predicted octanol–water partition coefficient (Wildman–Crippen LogP) is 0.786. The Morgan fingerprint density at radius 1 is 1.25 bits per heavy atom. The average molecular weight is 227 g/mol. The molecule has 2 rings (SSSR count). The van der Waals surface area contributed by atoms with E-state index < -0.39 is 0 Å². The summed E-state index contributed by atoms with van der Waals surface area (Å²) >= 11 is 0. The number of rotatable bonds is 2. The molecule has 4 heteroatoms. The van der Waals surface area contributed by atoms with E-state index in [-0.39, 0.29) is 18.6 Å². The molecule has 0 bridgehead atoms. The summed E-state index contributed by atoms with van der Waals surface area (Å²) in [5.41, 5.74) is 0. The van der Waals surface area contributed by atoms with Crippen LogP contribution in [0, 0.1) is 5.92 Å². The molecule has 2 heterocycles. The molecule has 0 aromatic heterocycles. The lowest BCUT2D eigenvalue weighted by atomic mass is 9.97. The number of likely N-dealkylation sites (tertiary alicyclic amines) is 1. The van der Waals surface area contributed by atoms with Crippen molar-refractivity contribution >= 4 is 5.91 Å². The first kappa shape index (κ1) is 11.9. The van der Waals surface area contributed by atoms with Crippen molar-refractivity contribution < 1.29 is 14.6 Å². The van der Waals surface area contributed by atoms with Crippen LogP contribution in [0.2, 0.25) is 0 Å². The maximum atomic E-state index is 12.1. The fourth-order valence-electron chi connectivity index (χ4n) is 2.48. The van der Waals surface area contributed by atoms with Crippen LogP contribution in [0.5, 0.6) is 0 Å². The molecule has 2 fully saturated rings. The number of piperidine rings is 1. The molecule has 1 amide bonds. The molecule has 0 aromatic carbocycles. The molecular weight excluding hydrogens is 206 g/mol. The van der Waals surface area contributed by atoms with Gasteiger partial charge in [0.05, 0.1) is 0 Å². The van der Waals surface area contributed by atoms with Crippen molar-refractivity contribution in [2.75, 3.05) is 26.3 Å². The Kier molecular flexibility index (Phi) is 4.18. The lowest BCUT2D eigenvalue weighted by Crippen LogP contribution is -2.46. The first-order chi connectivity index (χ1) is 7.81. The van der Waals surface area contributed by atoms with Crippen LogP contribution in [0.25, 0.3) is 0 Å². The van der Waals surface area contributed by atoms with Gasteiger partial charge in [0, 0.05) is 26.3 Å². The Labute approximate surface area is 96.6 Å². The molecule has 0 radical (unpaired) electrons. The van der Waals surface area contributed by atoms with Gasteiger partial charge in [-0.1, -0.05) is 0 Å². The highest BCUT2D eigenvalue weighted by Crippen LogP contribution is 2.20. The fraction of sp³-hybridized carbons (Fsp3) is 0.917. The highest BCUT2D eigenvalue weighted by atomic mass is 16.5. The second-order valence-electron chi connectivity index (χ2n) is 4.81. The summed E-state index contributed by atoms with van der Waals surface area (Å²) in [5.74, 6) is 0.549. The van der Waals surface area contributed by atoms with Crippen molar-refractivity contribution in [2.45, 2.75) is 38.2 Å². The zero-order valence-electron chi connectivity index (χ0n) is 9.73. The van der Waals surface area contributed by atoms with E-state index >= 15 is 0 Å². The van der Waals surface area contributed by atoms with Crippen molar-refractivity contribution in [2.24, 2.45) is 5.92 Å². The average Bonchev–Trinajstić information content (AvgIpc) is 2.39. The number of amides is 1. The number of nitrogens with zero attached hydrogens (tertiary/aromatic N) is 1. The van der Waals surface area contributed by atoms with Gasteiger partial charge in [-0.25, -0.2) is 0 Å². The van der Waals surface area contributed by atoms with Crippen molar-refractivity contribution in [1.29, 1.82) is 0 Å². The number of carbonyl (C=O) groups excluding carboxylic acids is 1. The third kappa shape index (κ3) is 2.74. The largest absolute Gasteiger partial charge is 0.396 e. The van der Waals surface area contributed by atoms with Gasteiger partial charge in [-0.2, -0.15) is 0 Å². The summed E-state index contributed by atoms with van der Waals surface area (Å²) in [4.78, 5) is 14.0. The van der Waals surface area contributed by atoms with E-state index in [4.69, 9.17) is 9.84 Å². The SMILES string of the molecule is O=C(C1CCCCO1)N1CCC(CO)CC1. The highest BCUT2D eigenvalue weighted by Gasteiger charge is 2.29. The van der Waals surface area contributed by atoms with Gasteiger partial charge in [0.15, 0.2) is 0 Å². The summed E-state index contributed by atoms with van der Waals surface area (Å²) < 4.78 is 5.51. The molecule has 16 heavy (non-hydrogen) atoms. The molecule has 1 unspecified atom stereocenters. The number of carbonyl (C=O) groups is 1. The van der Waals surface area contributed by atoms with Crippen LogP contribution >= 0.6 is 0 Å². The minimum Gasteiger partial charge on any atom is -0.396 e. The molecular formula is C12H21NO3. The van der Waals surface area contributed by atoms with Gasteiger partial charge >= 0.3 is 0 Å². The van der Waals surface area contributed by atoms with E-state index in [9.17, 15) is 4.79 Å². The van der Waals surface area contributed by atoms with Gasteiger partial charge in [-0.3, -0.25) is 4.79 Å². The lowest BCUT2D eigenvalue weighted by Gasteiger charge is -2.34. The van der Waals surface area contributed by atoms with Gasteiger partial charge in [-0.15, -0.1) is 0 Å². The molecule has 1 N–H and O–H groups in total. The Morgan fingerprint density at radius 2 is 2.00 bits per heavy atom. The standard InChI is InChI=1S/C12H21NO3/c14-9-10-4-6-13(7-5-10)12(15)11-3-1-2-8-16-11/h10-11,14H,1-9H2. The van der Waals surface area contributed by atoms with Gasteiger partial charge in [0.1, 0.15) is 6.10 Å². The van der Waals surface area contributed by atoms with Crippen LogP contribution in [0.15, 0.2) is 0 Å². The van der Waals surface area contributed by atoms with Crippen LogP contribution in [-0.4, -0.2) is 48.3 Å². The normalized spacial score (nSPS) is 28.1. The molecule has 0 saturated carbocycles. The van der Waals surface area contributed by atoms with Crippen molar-refractivity contribution in [1.82, 2.24) is 4.90 Å². The second kappa shape index (κ2) is 5.64. The molecule has 0 aromatic rings. The topological polar surface area (TPSA) is 49.8 Å². The van der Waals surface area contributed by atoms with Crippen LogP contribution in [0.1, 0.15) is 32.1 Å². The van der Waals surface area contributed by atoms with E-state index in [2.05, 4.69) is 0 Å². The smallest absolute Gasteiger partial charge is 0.251 e. The Balaban J connectivity index is 1.81. The summed E-state index contributed by atoms with van der Waals surface area (Å²) in [6.45, 7) is 2.54. The van der Waals surface area contributed by atoms with E-state index in [0.717, 1.165) is 51.8 Å². The van der Waals surface area contributed by atoms with Crippen molar-refractivity contribution in [3.63, 3.8) is 0 Å².